The van der Waals surface area contributed by atoms with Crippen LogP contribution in [-0.4, -0.2) is 16.9 Å². The Kier molecular flexibility index (Phi) is 3.27. The van der Waals surface area contributed by atoms with Crippen molar-refractivity contribution in [2.45, 2.75) is 45.6 Å². The number of hydrogen-bond donors (Lipinski definition) is 2. The van der Waals surface area contributed by atoms with Crippen molar-refractivity contribution in [1.29, 1.82) is 5.41 Å². The molecule has 2 N–H and O–H groups in total. The van der Waals surface area contributed by atoms with Crippen LogP contribution in [0.4, 0.5) is 0 Å². The van der Waals surface area contributed by atoms with E-state index in [2.05, 4.69) is 13.8 Å². The topological polar surface area (TPSA) is 44.1 Å². The summed E-state index contributed by atoms with van der Waals surface area (Å²) in [6.45, 7) is 4.15. The number of hydrogen-bond acceptors (Lipinski definition) is 2. The first kappa shape index (κ1) is 9.72. The average Bonchev–Trinajstić information content (AvgIpc) is 2.04. The minimum absolute atomic E-state index is 0.0961. The van der Waals surface area contributed by atoms with Crippen LogP contribution in [0.25, 0.3) is 0 Å². The molecule has 0 aromatic carbocycles. The smallest absolute Gasteiger partial charge is 0.0540 e. The van der Waals surface area contributed by atoms with E-state index in [0.717, 1.165) is 31.4 Å². The Labute approximate surface area is 74.5 Å². The maximum atomic E-state index is 9.28. The lowest BCUT2D eigenvalue weighted by molar-refractivity contribution is 0.120. The first-order valence-electron chi connectivity index (χ1n) is 4.87. The van der Waals surface area contributed by atoms with Crippen molar-refractivity contribution in [3.8, 4) is 0 Å². The van der Waals surface area contributed by atoms with Crippen molar-refractivity contribution in [2.75, 3.05) is 0 Å². The molecule has 0 radical (unpaired) electrons. The van der Waals surface area contributed by atoms with Gasteiger partial charge in [0.15, 0.2) is 0 Å². The van der Waals surface area contributed by atoms with Gasteiger partial charge >= 0.3 is 0 Å². The minimum atomic E-state index is -0.0961. The number of aliphatic hydroxyl groups is 1. The van der Waals surface area contributed by atoms with Crippen molar-refractivity contribution in [2.24, 2.45) is 11.8 Å². The maximum Gasteiger partial charge on any atom is 0.0540 e. The summed E-state index contributed by atoms with van der Waals surface area (Å²) in [5.74, 6) is 0.832. The van der Waals surface area contributed by atoms with Gasteiger partial charge in [-0.15, -0.1) is 0 Å². The fraction of sp³-hybridized carbons (Fsp3) is 0.900. The monoisotopic (exact) mass is 169 g/mol. The molecule has 2 nitrogen and oxygen atoms in total. The molecular formula is C10H19NO. The van der Waals surface area contributed by atoms with Gasteiger partial charge in [0, 0.05) is 5.71 Å². The van der Waals surface area contributed by atoms with Gasteiger partial charge in [0.1, 0.15) is 0 Å². The second-order valence-electron chi connectivity index (χ2n) is 4.12. The van der Waals surface area contributed by atoms with Crippen molar-refractivity contribution < 1.29 is 5.11 Å². The van der Waals surface area contributed by atoms with Gasteiger partial charge in [0.25, 0.3) is 0 Å². The third kappa shape index (κ3) is 2.31. The van der Waals surface area contributed by atoms with Crippen LogP contribution in [0.1, 0.15) is 39.5 Å². The molecule has 1 aliphatic carbocycles. The third-order valence-corrected chi connectivity index (χ3v) is 2.76. The molecule has 1 rings (SSSR count). The van der Waals surface area contributed by atoms with E-state index >= 15 is 0 Å². The van der Waals surface area contributed by atoms with E-state index in [1.165, 1.54) is 0 Å². The molecule has 2 heteroatoms. The largest absolute Gasteiger partial charge is 0.393 e. The van der Waals surface area contributed by atoms with Gasteiger partial charge in [-0.1, -0.05) is 13.8 Å². The Morgan fingerprint density at radius 3 is 2.17 bits per heavy atom. The molecule has 1 fully saturated rings. The summed E-state index contributed by atoms with van der Waals surface area (Å²) < 4.78 is 0. The van der Waals surface area contributed by atoms with Gasteiger partial charge in [-0.05, 0) is 37.5 Å². The fourth-order valence-electron chi connectivity index (χ4n) is 1.86. The van der Waals surface area contributed by atoms with E-state index in [9.17, 15) is 5.11 Å². The molecule has 0 heterocycles. The lowest BCUT2D eigenvalue weighted by Crippen LogP contribution is -2.26. The van der Waals surface area contributed by atoms with Crippen LogP contribution in [0.2, 0.25) is 0 Å². The number of nitrogens with one attached hydrogen (secondary N) is 1. The van der Waals surface area contributed by atoms with Crippen LogP contribution in [0.15, 0.2) is 0 Å². The highest BCUT2D eigenvalue weighted by Gasteiger charge is 2.23. The van der Waals surface area contributed by atoms with Crippen molar-refractivity contribution in [3.63, 3.8) is 0 Å². The first-order valence-corrected chi connectivity index (χ1v) is 4.87. The molecule has 0 spiro atoms. The summed E-state index contributed by atoms with van der Waals surface area (Å²) >= 11 is 0. The number of rotatable bonds is 2. The van der Waals surface area contributed by atoms with E-state index in [4.69, 9.17) is 5.41 Å². The number of aliphatic hydroxyl groups excluding tert-OH is 1. The van der Waals surface area contributed by atoms with E-state index in [1.807, 2.05) is 0 Å². The Balaban J connectivity index is 2.39. The van der Waals surface area contributed by atoms with Crippen molar-refractivity contribution in [3.05, 3.63) is 0 Å². The van der Waals surface area contributed by atoms with Crippen LogP contribution in [0.5, 0.6) is 0 Å². The Bertz CT molecular complexity index is 157. The molecule has 1 aliphatic rings. The standard InChI is InChI=1S/C10H19NO/c1-7(2)10(11)8-3-5-9(12)6-4-8/h7-9,11-12H,3-6H2,1-2H3. The van der Waals surface area contributed by atoms with E-state index in [0.29, 0.717) is 11.8 Å². The fourth-order valence-corrected chi connectivity index (χ4v) is 1.86. The van der Waals surface area contributed by atoms with Gasteiger partial charge < -0.3 is 10.5 Å². The molecule has 0 aromatic heterocycles. The molecule has 70 valence electrons. The maximum absolute atomic E-state index is 9.28. The van der Waals surface area contributed by atoms with Crippen LogP contribution >= 0.6 is 0 Å². The van der Waals surface area contributed by atoms with Crippen LogP contribution in [-0.2, 0) is 0 Å². The summed E-state index contributed by atoms with van der Waals surface area (Å²) in [5, 5.41) is 17.1. The zero-order chi connectivity index (χ0) is 9.14. The van der Waals surface area contributed by atoms with Gasteiger partial charge in [0.05, 0.1) is 6.10 Å². The quantitative estimate of drug-likeness (QED) is 0.611. The molecule has 0 unspecified atom stereocenters. The molecule has 0 bridgehead atoms. The summed E-state index contributed by atoms with van der Waals surface area (Å²) in [4.78, 5) is 0. The van der Waals surface area contributed by atoms with Crippen LogP contribution < -0.4 is 0 Å². The minimum Gasteiger partial charge on any atom is -0.393 e. The SMILES string of the molecule is CC(C)C(=N)C1CCC(O)CC1. The Morgan fingerprint density at radius 2 is 1.75 bits per heavy atom. The van der Waals surface area contributed by atoms with Crippen LogP contribution in [0, 0.1) is 17.2 Å². The lowest BCUT2D eigenvalue weighted by Gasteiger charge is -2.27. The summed E-state index contributed by atoms with van der Waals surface area (Å²) in [6.07, 6.45) is 3.71. The predicted molar refractivity (Wildman–Crippen MR) is 50.5 cm³/mol. The average molecular weight is 169 g/mol. The molecule has 0 atom stereocenters. The summed E-state index contributed by atoms with van der Waals surface area (Å²) in [7, 11) is 0. The molecular weight excluding hydrogens is 150 g/mol. The van der Waals surface area contributed by atoms with Crippen molar-refractivity contribution >= 4 is 5.71 Å². The van der Waals surface area contributed by atoms with Crippen LogP contribution in [0.3, 0.4) is 0 Å². The zero-order valence-corrected chi connectivity index (χ0v) is 8.01. The molecule has 1 saturated carbocycles. The Hall–Kier alpha value is -0.370. The second-order valence-corrected chi connectivity index (χ2v) is 4.12. The second kappa shape index (κ2) is 4.04. The molecule has 0 saturated heterocycles. The highest BCUT2D eigenvalue weighted by molar-refractivity contribution is 5.85. The molecule has 0 aliphatic heterocycles. The Morgan fingerprint density at radius 1 is 1.25 bits per heavy atom. The third-order valence-electron chi connectivity index (χ3n) is 2.76. The normalized spacial score (nSPS) is 30.7. The van der Waals surface area contributed by atoms with Gasteiger partial charge in [-0.25, -0.2) is 0 Å². The molecule has 0 aromatic rings. The van der Waals surface area contributed by atoms with Gasteiger partial charge in [-0.3, -0.25) is 0 Å². The summed E-state index contributed by atoms with van der Waals surface area (Å²) in [6, 6.07) is 0. The first-order chi connectivity index (χ1) is 5.61. The van der Waals surface area contributed by atoms with E-state index in [1.54, 1.807) is 0 Å². The molecule has 12 heavy (non-hydrogen) atoms. The van der Waals surface area contributed by atoms with E-state index in [-0.39, 0.29) is 6.10 Å². The highest BCUT2D eigenvalue weighted by atomic mass is 16.3. The van der Waals surface area contributed by atoms with Crippen molar-refractivity contribution in [1.82, 2.24) is 0 Å². The lowest BCUT2D eigenvalue weighted by atomic mass is 9.81. The van der Waals surface area contributed by atoms with Gasteiger partial charge in [0.2, 0.25) is 0 Å². The predicted octanol–water partition coefficient (Wildman–Crippen LogP) is 2.21. The summed E-state index contributed by atoms with van der Waals surface area (Å²) in [5.41, 5.74) is 0.877. The zero-order valence-electron chi connectivity index (χ0n) is 8.01. The molecule has 0 amide bonds. The van der Waals surface area contributed by atoms with Gasteiger partial charge in [-0.2, -0.15) is 0 Å². The highest BCUT2D eigenvalue weighted by Crippen LogP contribution is 2.26. The van der Waals surface area contributed by atoms with E-state index < -0.39 is 0 Å².